The molecule has 1 aliphatic carbocycles. The second-order valence-corrected chi connectivity index (χ2v) is 6.39. The Morgan fingerprint density at radius 2 is 1.74 bits per heavy atom. The summed E-state index contributed by atoms with van der Waals surface area (Å²) in [4.78, 5) is 13.9. The summed E-state index contributed by atoms with van der Waals surface area (Å²) < 4.78 is 28.1. The summed E-state index contributed by atoms with van der Waals surface area (Å²) in [6.45, 7) is 4.21. The summed E-state index contributed by atoms with van der Waals surface area (Å²) in [6.07, 6.45) is 4.81. The maximum atomic E-state index is 12.2. The number of isocyanates is 1. The number of nitrogens with zero attached hydrogens (tertiary/aromatic N) is 1. The molecule has 1 fully saturated rings. The molecule has 1 saturated carbocycles. The van der Waals surface area contributed by atoms with Crippen molar-refractivity contribution in [1.82, 2.24) is 0 Å². The Morgan fingerprint density at radius 3 is 2.21 bits per heavy atom. The van der Waals surface area contributed by atoms with Gasteiger partial charge in [-0.25, -0.2) is 9.79 Å². The van der Waals surface area contributed by atoms with Gasteiger partial charge in [0.15, 0.2) is 0 Å². The maximum absolute atomic E-state index is 12.2. The highest BCUT2D eigenvalue weighted by atomic mass is 31.2. The Morgan fingerprint density at radius 1 is 1.16 bits per heavy atom. The topological polar surface area (TPSA) is 74.2 Å². The fourth-order valence-corrected chi connectivity index (χ4v) is 3.52. The third-order valence-corrected chi connectivity index (χ3v) is 4.77. The van der Waals surface area contributed by atoms with E-state index in [4.69, 9.17) is 13.8 Å². The Bertz CT molecular complexity index is 338. The van der Waals surface area contributed by atoms with Gasteiger partial charge in [-0.1, -0.05) is 0 Å². The first-order chi connectivity index (χ1) is 9.13. The Labute approximate surface area is 114 Å². The van der Waals surface area contributed by atoms with Crippen molar-refractivity contribution in [3.05, 3.63) is 0 Å². The van der Waals surface area contributed by atoms with Gasteiger partial charge < -0.3 is 13.8 Å². The quantitative estimate of drug-likeness (QED) is 0.390. The lowest BCUT2D eigenvalue weighted by molar-refractivity contribution is 0.0385. The molecule has 1 rings (SSSR count). The van der Waals surface area contributed by atoms with Gasteiger partial charge in [-0.05, 0) is 39.5 Å². The van der Waals surface area contributed by atoms with Crippen LogP contribution in [0.1, 0.15) is 39.5 Å². The van der Waals surface area contributed by atoms with E-state index in [1.54, 1.807) is 19.9 Å². The number of hydrogen-bond donors (Lipinski definition) is 0. The Hall–Kier alpha value is -0.510. The van der Waals surface area contributed by atoms with Crippen LogP contribution in [0.4, 0.5) is 0 Å². The van der Waals surface area contributed by atoms with Crippen molar-refractivity contribution < 1.29 is 23.1 Å². The molecule has 6 nitrogen and oxygen atoms in total. The maximum Gasteiger partial charge on any atom is 0.356 e. The fourth-order valence-electron chi connectivity index (χ4n) is 2.12. The second kappa shape index (κ2) is 8.62. The van der Waals surface area contributed by atoms with Crippen LogP contribution >= 0.6 is 7.60 Å². The summed E-state index contributed by atoms with van der Waals surface area (Å²) in [6, 6.07) is 0.0583. The third-order valence-electron chi connectivity index (χ3n) is 3.00. The molecule has 0 bridgehead atoms. The van der Waals surface area contributed by atoms with E-state index in [1.165, 1.54) is 0 Å². The molecule has 0 aromatic heterocycles. The molecular formula is C12H22NO5P. The first kappa shape index (κ1) is 16.5. The van der Waals surface area contributed by atoms with Crippen molar-refractivity contribution in [3.8, 4) is 0 Å². The zero-order valence-corrected chi connectivity index (χ0v) is 12.4. The molecule has 1 aliphatic rings. The SMILES string of the molecule is CCOP(=O)(COC1CCC(N=C=O)CC1)OCC. The third kappa shape index (κ3) is 5.98. The van der Waals surface area contributed by atoms with Gasteiger partial charge in [0, 0.05) is 0 Å². The molecule has 0 spiro atoms. The average molecular weight is 291 g/mol. The molecule has 7 heteroatoms. The lowest BCUT2D eigenvalue weighted by atomic mass is 9.93. The molecule has 110 valence electrons. The van der Waals surface area contributed by atoms with E-state index < -0.39 is 7.60 Å². The molecule has 19 heavy (non-hydrogen) atoms. The predicted molar refractivity (Wildman–Crippen MR) is 71.0 cm³/mol. The minimum atomic E-state index is -3.12. The van der Waals surface area contributed by atoms with Gasteiger partial charge in [-0.15, -0.1) is 0 Å². The van der Waals surface area contributed by atoms with Crippen molar-refractivity contribution in [2.24, 2.45) is 4.99 Å². The van der Waals surface area contributed by atoms with Gasteiger partial charge in [0.25, 0.3) is 0 Å². The summed E-state index contributed by atoms with van der Waals surface area (Å²) in [5, 5.41) is 0. The predicted octanol–water partition coefficient (Wildman–Crippen LogP) is 2.87. The monoisotopic (exact) mass is 291 g/mol. The fraction of sp³-hybridized carbons (Fsp3) is 0.917. The lowest BCUT2D eigenvalue weighted by Crippen LogP contribution is -2.24. The number of rotatable bonds is 8. The summed E-state index contributed by atoms with van der Waals surface area (Å²) in [7, 11) is -3.12. The highest BCUT2D eigenvalue weighted by Gasteiger charge is 2.28. The molecule has 0 aliphatic heterocycles. The lowest BCUT2D eigenvalue weighted by Gasteiger charge is -2.27. The molecule has 0 radical (unpaired) electrons. The first-order valence-electron chi connectivity index (χ1n) is 6.70. The van der Waals surface area contributed by atoms with E-state index in [2.05, 4.69) is 4.99 Å². The van der Waals surface area contributed by atoms with Crippen LogP contribution in [0.2, 0.25) is 0 Å². The summed E-state index contributed by atoms with van der Waals surface area (Å²) >= 11 is 0. The smallest absolute Gasteiger partial charge is 0.356 e. The van der Waals surface area contributed by atoms with Gasteiger partial charge in [0.05, 0.1) is 25.4 Å². The van der Waals surface area contributed by atoms with Crippen LogP contribution < -0.4 is 0 Å². The van der Waals surface area contributed by atoms with Crippen molar-refractivity contribution in [2.45, 2.75) is 51.7 Å². The van der Waals surface area contributed by atoms with Gasteiger partial charge in [0.1, 0.15) is 6.35 Å². The average Bonchev–Trinajstić information content (AvgIpc) is 2.39. The Kier molecular flexibility index (Phi) is 7.51. The van der Waals surface area contributed by atoms with Gasteiger partial charge in [0.2, 0.25) is 6.08 Å². The van der Waals surface area contributed by atoms with Gasteiger partial charge in [-0.3, -0.25) is 4.57 Å². The summed E-state index contributed by atoms with van der Waals surface area (Å²) in [5.41, 5.74) is 0. The minimum Gasteiger partial charge on any atom is -0.366 e. The zero-order valence-electron chi connectivity index (χ0n) is 11.5. The molecular weight excluding hydrogens is 269 g/mol. The number of hydrogen-bond acceptors (Lipinski definition) is 6. The van der Waals surface area contributed by atoms with E-state index in [1.807, 2.05) is 0 Å². The van der Waals surface area contributed by atoms with E-state index in [0.717, 1.165) is 25.7 Å². The molecule has 0 heterocycles. The minimum absolute atomic E-state index is 0.0129. The van der Waals surface area contributed by atoms with Crippen LogP contribution in [-0.2, 0) is 23.1 Å². The van der Waals surface area contributed by atoms with Crippen LogP contribution in [0.3, 0.4) is 0 Å². The summed E-state index contributed by atoms with van der Waals surface area (Å²) in [5.74, 6) is 0. The zero-order chi connectivity index (χ0) is 14.1. The molecule has 0 N–H and O–H groups in total. The van der Waals surface area contributed by atoms with Crippen LogP contribution in [0.15, 0.2) is 4.99 Å². The van der Waals surface area contributed by atoms with Gasteiger partial charge in [-0.2, -0.15) is 0 Å². The van der Waals surface area contributed by atoms with Crippen molar-refractivity contribution in [3.63, 3.8) is 0 Å². The van der Waals surface area contributed by atoms with Crippen LogP contribution in [0, 0.1) is 0 Å². The largest absolute Gasteiger partial charge is 0.366 e. The molecule has 0 atom stereocenters. The molecule has 0 saturated heterocycles. The van der Waals surface area contributed by atoms with Gasteiger partial charge >= 0.3 is 7.60 Å². The van der Waals surface area contributed by atoms with Crippen molar-refractivity contribution in [1.29, 1.82) is 0 Å². The normalized spacial score (nSPS) is 23.9. The highest BCUT2D eigenvalue weighted by molar-refractivity contribution is 7.53. The van der Waals surface area contributed by atoms with E-state index in [-0.39, 0.29) is 18.5 Å². The molecule has 0 aromatic carbocycles. The van der Waals surface area contributed by atoms with Crippen LogP contribution in [-0.4, -0.2) is 37.8 Å². The first-order valence-corrected chi connectivity index (χ1v) is 8.43. The van der Waals surface area contributed by atoms with Crippen molar-refractivity contribution >= 4 is 13.7 Å². The van der Waals surface area contributed by atoms with Crippen LogP contribution in [0.25, 0.3) is 0 Å². The van der Waals surface area contributed by atoms with E-state index >= 15 is 0 Å². The molecule has 0 amide bonds. The number of aliphatic imine (C=N–C) groups is 1. The van der Waals surface area contributed by atoms with Crippen LogP contribution in [0.5, 0.6) is 0 Å². The standard InChI is InChI=1S/C12H22NO5P/c1-3-17-19(15,18-4-2)10-16-12-7-5-11(6-8-12)13-9-14/h11-12H,3-8,10H2,1-2H3. The van der Waals surface area contributed by atoms with Crippen molar-refractivity contribution in [2.75, 3.05) is 19.6 Å². The van der Waals surface area contributed by atoms with E-state index in [9.17, 15) is 9.36 Å². The number of carbonyl (C=O) groups excluding carboxylic acids is 1. The number of ether oxygens (including phenoxy) is 1. The van der Waals surface area contributed by atoms with E-state index in [0.29, 0.717) is 13.2 Å². The highest BCUT2D eigenvalue weighted by Crippen LogP contribution is 2.48. The molecule has 0 aromatic rings. The second-order valence-electron chi connectivity index (χ2n) is 4.39. The molecule has 0 unspecified atom stereocenters. The Balaban J connectivity index is 2.36.